The molecule has 104 valence electrons. The summed E-state index contributed by atoms with van der Waals surface area (Å²) in [6.07, 6.45) is 0. The number of ether oxygens (including phenoxy) is 1. The monoisotopic (exact) mass is 306 g/mol. The Morgan fingerprint density at radius 2 is 1.90 bits per heavy atom. The summed E-state index contributed by atoms with van der Waals surface area (Å²) in [5.74, 6) is 1.22. The molecule has 0 N–H and O–H groups in total. The third-order valence-corrected chi connectivity index (χ3v) is 3.80. The van der Waals surface area contributed by atoms with E-state index in [-0.39, 0.29) is 5.97 Å². The first-order valence-electron chi connectivity index (χ1n) is 6.31. The number of carbonyl (C=O) groups excluding carboxylic acids is 1. The van der Waals surface area contributed by atoms with Crippen LogP contribution in [0.1, 0.15) is 13.8 Å². The Morgan fingerprint density at radius 3 is 2.50 bits per heavy atom. The van der Waals surface area contributed by atoms with Crippen LogP contribution in [0.3, 0.4) is 0 Å². The van der Waals surface area contributed by atoms with Crippen molar-refractivity contribution in [2.45, 2.75) is 18.7 Å². The van der Waals surface area contributed by atoms with E-state index in [1.54, 1.807) is 23.9 Å². The summed E-state index contributed by atoms with van der Waals surface area (Å²) in [5.41, 5.74) is 1.80. The topological polar surface area (TPSA) is 26.3 Å². The number of thioether (sulfide) groups is 1. The van der Waals surface area contributed by atoms with Crippen LogP contribution >= 0.6 is 23.4 Å². The first kappa shape index (κ1) is 14.9. The number of hydrogen-bond acceptors (Lipinski definition) is 3. The smallest absolute Gasteiger partial charge is 0.308 e. The summed E-state index contributed by atoms with van der Waals surface area (Å²) in [5, 5.41) is 0.614. The first-order chi connectivity index (χ1) is 9.60. The van der Waals surface area contributed by atoms with Gasteiger partial charge in [0, 0.05) is 22.4 Å². The lowest BCUT2D eigenvalue weighted by Crippen LogP contribution is -2.02. The molecule has 2 aromatic rings. The lowest BCUT2D eigenvalue weighted by atomic mass is 10.0. The molecule has 0 unspecified atom stereocenters. The summed E-state index contributed by atoms with van der Waals surface area (Å²) >= 11 is 7.83. The average Bonchev–Trinajstić information content (AvgIpc) is 2.42. The van der Waals surface area contributed by atoms with Gasteiger partial charge < -0.3 is 4.74 Å². The first-order valence-corrected chi connectivity index (χ1v) is 7.67. The number of benzene rings is 2. The SMILES string of the molecule is CCSc1ccc(-c2cc(Cl)ccc2OC(C)=O)cc1. The van der Waals surface area contributed by atoms with Gasteiger partial charge in [0.2, 0.25) is 0 Å². The zero-order chi connectivity index (χ0) is 14.5. The fourth-order valence-corrected chi connectivity index (χ4v) is 2.70. The number of esters is 1. The standard InChI is InChI=1S/C16H15ClO2S/c1-3-20-14-7-4-12(5-8-14)15-10-13(17)6-9-16(15)19-11(2)18/h4-10H,3H2,1-2H3. The molecule has 2 aromatic carbocycles. The molecule has 0 aliphatic heterocycles. The molecule has 0 spiro atoms. The van der Waals surface area contributed by atoms with Crippen molar-refractivity contribution < 1.29 is 9.53 Å². The van der Waals surface area contributed by atoms with Gasteiger partial charge in [0.1, 0.15) is 5.75 Å². The molecule has 0 atom stereocenters. The third kappa shape index (κ3) is 3.78. The van der Waals surface area contributed by atoms with Crippen LogP contribution < -0.4 is 4.74 Å². The van der Waals surface area contributed by atoms with Crippen molar-refractivity contribution >= 4 is 29.3 Å². The highest BCUT2D eigenvalue weighted by atomic mass is 35.5. The van der Waals surface area contributed by atoms with E-state index in [1.807, 2.05) is 18.2 Å². The lowest BCUT2D eigenvalue weighted by Gasteiger charge is -2.10. The van der Waals surface area contributed by atoms with Gasteiger partial charge in [-0.05, 0) is 41.6 Å². The Kier molecular flexibility index (Phi) is 5.10. The molecule has 4 heteroatoms. The van der Waals surface area contributed by atoms with Crippen LogP contribution in [0.25, 0.3) is 11.1 Å². The molecule has 0 heterocycles. The largest absolute Gasteiger partial charge is 0.426 e. The Balaban J connectivity index is 2.39. The van der Waals surface area contributed by atoms with Crippen LogP contribution in [0.4, 0.5) is 0 Å². The highest BCUT2D eigenvalue weighted by Gasteiger charge is 2.09. The van der Waals surface area contributed by atoms with Crippen molar-refractivity contribution in [3.8, 4) is 16.9 Å². The van der Waals surface area contributed by atoms with Gasteiger partial charge in [-0.2, -0.15) is 0 Å². The van der Waals surface area contributed by atoms with Gasteiger partial charge in [-0.3, -0.25) is 4.79 Å². The second-order valence-corrected chi connectivity index (χ2v) is 5.97. The van der Waals surface area contributed by atoms with E-state index < -0.39 is 0 Å². The summed E-state index contributed by atoms with van der Waals surface area (Å²) < 4.78 is 5.23. The van der Waals surface area contributed by atoms with Gasteiger partial charge in [-0.1, -0.05) is 30.7 Å². The Hall–Kier alpha value is -1.45. The molecule has 0 aromatic heterocycles. The fourth-order valence-electron chi connectivity index (χ4n) is 1.87. The van der Waals surface area contributed by atoms with Gasteiger partial charge >= 0.3 is 5.97 Å². The molecule has 20 heavy (non-hydrogen) atoms. The number of carbonyl (C=O) groups is 1. The molecule has 0 amide bonds. The maximum atomic E-state index is 11.2. The molecule has 0 radical (unpaired) electrons. The van der Waals surface area contributed by atoms with E-state index in [4.69, 9.17) is 16.3 Å². The minimum absolute atomic E-state index is 0.341. The summed E-state index contributed by atoms with van der Waals surface area (Å²) in [4.78, 5) is 12.4. The zero-order valence-electron chi connectivity index (χ0n) is 11.4. The van der Waals surface area contributed by atoms with E-state index in [1.165, 1.54) is 11.8 Å². The zero-order valence-corrected chi connectivity index (χ0v) is 12.9. The highest BCUT2D eigenvalue weighted by Crippen LogP contribution is 2.33. The molecule has 0 bridgehead atoms. The Labute approximate surface area is 128 Å². The van der Waals surface area contributed by atoms with Gasteiger partial charge in [0.25, 0.3) is 0 Å². The van der Waals surface area contributed by atoms with E-state index in [0.29, 0.717) is 10.8 Å². The summed E-state index contributed by atoms with van der Waals surface area (Å²) in [6, 6.07) is 13.4. The number of hydrogen-bond donors (Lipinski definition) is 0. The number of halogens is 1. The Bertz CT molecular complexity index is 608. The molecule has 0 saturated carbocycles. The third-order valence-electron chi connectivity index (χ3n) is 2.67. The van der Waals surface area contributed by atoms with Crippen molar-refractivity contribution in [1.29, 1.82) is 0 Å². The van der Waals surface area contributed by atoms with Gasteiger partial charge in [-0.15, -0.1) is 11.8 Å². The normalized spacial score (nSPS) is 10.3. The summed E-state index contributed by atoms with van der Waals surface area (Å²) in [7, 11) is 0. The molecule has 0 saturated heterocycles. The van der Waals surface area contributed by atoms with Crippen LogP contribution in [-0.2, 0) is 4.79 Å². The molecule has 0 aliphatic rings. The van der Waals surface area contributed by atoms with Crippen molar-refractivity contribution in [2.24, 2.45) is 0 Å². The summed E-state index contributed by atoms with van der Waals surface area (Å²) in [6.45, 7) is 3.51. The van der Waals surface area contributed by atoms with Crippen molar-refractivity contribution in [1.82, 2.24) is 0 Å². The van der Waals surface area contributed by atoms with E-state index in [0.717, 1.165) is 16.9 Å². The Morgan fingerprint density at radius 1 is 1.20 bits per heavy atom. The van der Waals surface area contributed by atoms with Crippen LogP contribution in [-0.4, -0.2) is 11.7 Å². The average molecular weight is 307 g/mol. The van der Waals surface area contributed by atoms with E-state index in [9.17, 15) is 4.79 Å². The van der Waals surface area contributed by atoms with Crippen molar-refractivity contribution in [3.05, 3.63) is 47.5 Å². The van der Waals surface area contributed by atoms with Crippen LogP contribution in [0.5, 0.6) is 5.75 Å². The van der Waals surface area contributed by atoms with Gasteiger partial charge in [0.15, 0.2) is 0 Å². The molecule has 2 nitrogen and oxygen atoms in total. The minimum Gasteiger partial charge on any atom is -0.426 e. The van der Waals surface area contributed by atoms with Gasteiger partial charge in [-0.25, -0.2) is 0 Å². The predicted molar refractivity (Wildman–Crippen MR) is 84.6 cm³/mol. The maximum absolute atomic E-state index is 11.2. The van der Waals surface area contributed by atoms with E-state index in [2.05, 4.69) is 19.1 Å². The fraction of sp³-hybridized carbons (Fsp3) is 0.188. The quantitative estimate of drug-likeness (QED) is 0.449. The van der Waals surface area contributed by atoms with E-state index >= 15 is 0 Å². The lowest BCUT2D eigenvalue weighted by molar-refractivity contribution is -0.131. The second-order valence-electron chi connectivity index (χ2n) is 4.19. The molecular formula is C16H15ClO2S. The molecular weight excluding hydrogens is 292 g/mol. The molecule has 2 rings (SSSR count). The second kappa shape index (κ2) is 6.82. The molecule has 0 fully saturated rings. The van der Waals surface area contributed by atoms with Crippen LogP contribution in [0.2, 0.25) is 5.02 Å². The highest BCUT2D eigenvalue weighted by molar-refractivity contribution is 7.99. The minimum atomic E-state index is -0.341. The van der Waals surface area contributed by atoms with Crippen LogP contribution in [0.15, 0.2) is 47.4 Å². The maximum Gasteiger partial charge on any atom is 0.308 e. The van der Waals surface area contributed by atoms with Crippen molar-refractivity contribution in [2.75, 3.05) is 5.75 Å². The van der Waals surface area contributed by atoms with Crippen LogP contribution in [0, 0.1) is 0 Å². The van der Waals surface area contributed by atoms with Gasteiger partial charge in [0.05, 0.1) is 0 Å². The predicted octanol–water partition coefficient (Wildman–Crippen LogP) is 5.04. The number of rotatable bonds is 4. The molecule has 0 aliphatic carbocycles. The van der Waals surface area contributed by atoms with Crippen molar-refractivity contribution in [3.63, 3.8) is 0 Å².